The molecule has 0 saturated heterocycles. The van der Waals surface area contributed by atoms with E-state index in [-0.39, 0.29) is 39.6 Å². The normalized spacial score (nSPS) is 13.2. The quantitative estimate of drug-likeness (QED) is 0.348. The zero-order valence-corrected chi connectivity index (χ0v) is 23.0. The zero-order valence-electron chi connectivity index (χ0n) is 23.0. The molecule has 0 fully saturated rings. The first-order chi connectivity index (χ1) is 14.7. The number of hydrogen-bond donors (Lipinski definition) is 0. The van der Waals surface area contributed by atoms with Crippen LogP contribution < -0.4 is 0 Å². The maximum atomic E-state index is 13.2. The fourth-order valence-electron chi connectivity index (χ4n) is 4.33. The van der Waals surface area contributed by atoms with Crippen molar-refractivity contribution in [1.82, 2.24) is 0 Å². The smallest absolute Gasteiger partial charge is 0.170 e. The maximum Gasteiger partial charge on any atom is 0.170 e. The molecule has 2 heteroatoms. The van der Waals surface area contributed by atoms with E-state index < -0.39 is 0 Å². The van der Waals surface area contributed by atoms with Gasteiger partial charge in [0.2, 0.25) is 0 Å². The molecule has 0 amide bonds. The Labute approximate surface area is 202 Å². The largest absolute Gasteiger partial charge is 0.294 e. The molecule has 0 aliphatic heterocycles. The average molecular weight is 449 g/mol. The highest BCUT2D eigenvalue weighted by Gasteiger charge is 2.28. The van der Waals surface area contributed by atoms with Crippen LogP contribution in [0.25, 0.3) is 0 Å². The summed E-state index contributed by atoms with van der Waals surface area (Å²) in [6.45, 7) is 26.2. The predicted molar refractivity (Wildman–Crippen MR) is 141 cm³/mol. The van der Waals surface area contributed by atoms with Gasteiger partial charge in [-0.1, -0.05) is 107 Å². The number of benzene rings is 2. The van der Waals surface area contributed by atoms with E-state index in [0.717, 1.165) is 11.1 Å². The van der Waals surface area contributed by atoms with Crippen molar-refractivity contribution in [1.29, 1.82) is 0 Å². The van der Waals surface area contributed by atoms with Gasteiger partial charge in [0, 0.05) is 11.1 Å². The Balaban J connectivity index is 2.41. The van der Waals surface area contributed by atoms with E-state index in [1.807, 2.05) is 24.3 Å². The number of rotatable bonds is 4. The van der Waals surface area contributed by atoms with Crippen molar-refractivity contribution in [2.75, 3.05) is 0 Å². The molecule has 0 N–H and O–H groups in total. The molecule has 33 heavy (non-hydrogen) atoms. The number of hydrogen-bond acceptors (Lipinski definition) is 2. The van der Waals surface area contributed by atoms with E-state index >= 15 is 0 Å². The highest BCUT2D eigenvalue weighted by atomic mass is 16.1. The van der Waals surface area contributed by atoms with Gasteiger partial charge in [0.05, 0.1) is 6.42 Å². The van der Waals surface area contributed by atoms with Gasteiger partial charge in [-0.3, -0.25) is 9.59 Å². The SMILES string of the molecule is CC(C)(C)c1ccc(C(=O)CC(=O)c2ccc(C(C)(C)C)c(C(C)(C)C)c2)cc1C(C)(C)C. The third-order valence-corrected chi connectivity index (χ3v) is 6.24. The van der Waals surface area contributed by atoms with Crippen LogP contribution in [0.3, 0.4) is 0 Å². The summed E-state index contributed by atoms with van der Waals surface area (Å²) in [6, 6.07) is 11.9. The molecule has 0 aliphatic rings. The number of Topliss-reactive ketones (excluding diaryl/α,β-unsaturated/α-hetero) is 2. The van der Waals surface area contributed by atoms with E-state index in [1.54, 1.807) is 0 Å². The molecule has 0 aromatic heterocycles. The minimum Gasteiger partial charge on any atom is -0.294 e. The molecule has 0 radical (unpaired) electrons. The van der Waals surface area contributed by atoms with Crippen LogP contribution in [0.5, 0.6) is 0 Å². The monoisotopic (exact) mass is 448 g/mol. The summed E-state index contributed by atoms with van der Waals surface area (Å²) in [5.74, 6) is -0.244. The molecule has 0 unspecified atom stereocenters. The Bertz CT molecular complexity index is 957. The molecule has 0 spiro atoms. The second-order valence-corrected chi connectivity index (χ2v) is 13.5. The fraction of sp³-hybridized carbons (Fsp3) is 0.548. The van der Waals surface area contributed by atoms with Crippen molar-refractivity contribution in [2.24, 2.45) is 0 Å². The van der Waals surface area contributed by atoms with Crippen molar-refractivity contribution >= 4 is 11.6 Å². The Hall–Kier alpha value is -2.22. The maximum absolute atomic E-state index is 13.2. The minimum absolute atomic E-state index is 0.0157. The summed E-state index contributed by atoms with van der Waals surface area (Å²) in [7, 11) is 0. The van der Waals surface area contributed by atoms with Crippen LogP contribution in [-0.2, 0) is 21.7 Å². The summed E-state index contributed by atoms with van der Waals surface area (Å²) < 4.78 is 0. The molecule has 2 nitrogen and oxygen atoms in total. The molecular formula is C31H44O2. The molecule has 0 heterocycles. The molecule has 0 saturated carbocycles. The van der Waals surface area contributed by atoms with Crippen LogP contribution in [-0.4, -0.2) is 11.6 Å². The molecule has 2 rings (SSSR count). The number of ketones is 2. The standard InChI is InChI=1S/C31H44O2/c1-28(2,3)22-15-13-20(17-24(22)30(7,8)9)26(32)19-27(33)21-14-16-23(29(4,5)6)25(18-21)31(10,11)12/h13-18H,19H2,1-12H3. The second kappa shape index (κ2) is 8.85. The summed E-state index contributed by atoms with van der Waals surface area (Å²) in [5.41, 5.74) is 5.83. The van der Waals surface area contributed by atoms with Gasteiger partial charge in [-0.05, 0) is 56.0 Å². The van der Waals surface area contributed by atoms with Crippen LogP contribution in [0.1, 0.15) is 132 Å². The van der Waals surface area contributed by atoms with Crippen molar-refractivity contribution in [3.8, 4) is 0 Å². The first kappa shape index (κ1) is 27.0. The minimum atomic E-state index is -0.122. The molecule has 2 aromatic rings. The molecule has 0 bridgehead atoms. The van der Waals surface area contributed by atoms with Gasteiger partial charge in [-0.2, -0.15) is 0 Å². The van der Waals surface area contributed by atoms with E-state index in [2.05, 4.69) is 95.2 Å². The Morgan fingerprint density at radius 2 is 0.758 bits per heavy atom. The molecule has 0 atom stereocenters. The third-order valence-electron chi connectivity index (χ3n) is 6.24. The van der Waals surface area contributed by atoms with Crippen molar-refractivity contribution in [3.63, 3.8) is 0 Å². The van der Waals surface area contributed by atoms with Gasteiger partial charge < -0.3 is 0 Å². The molecule has 0 aliphatic carbocycles. The Morgan fingerprint density at radius 1 is 0.485 bits per heavy atom. The van der Waals surface area contributed by atoms with Gasteiger partial charge in [0.1, 0.15) is 0 Å². The fourth-order valence-corrected chi connectivity index (χ4v) is 4.33. The van der Waals surface area contributed by atoms with Crippen LogP contribution in [0.4, 0.5) is 0 Å². The molecule has 180 valence electrons. The zero-order chi connectivity index (χ0) is 25.6. The Kier molecular flexibility index (Phi) is 7.25. The summed E-state index contributed by atoms with van der Waals surface area (Å²) in [5, 5.41) is 0. The van der Waals surface area contributed by atoms with E-state index in [9.17, 15) is 9.59 Å². The molecular weight excluding hydrogens is 404 g/mol. The van der Waals surface area contributed by atoms with E-state index in [1.165, 1.54) is 11.1 Å². The van der Waals surface area contributed by atoms with Gasteiger partial charge in [0.15, 0.2) is 11.6 Å². The first-order valence-corrected chi connectivity index (χ1v) is 12.1. The summed E-state index contributed by atoms with van der Waals surface area (Å²) in [6.07, 6.45) is -0.114. The molecule has 2 aromatic carbocycles. The highest BCUT2D eigenvalue weighted by molar-refractivity contribution is 6.13. The number of carbonyl (C=O) groups is 2. The second-order valence-electron chi connectivity index (χ2n) is 13.5. The summed E-state index contributed by atoms with van der Waals surface area (Å²) >= 11 is 0. The van der Waals surface area contributed by atoms with Crippen molar-refractivity contribution in [3.05, 3.63) is 69.8 Å². The van der Waals surface area contributed by atoms with Crippen molar-refractivity contribution in [2.45, 2.75) is 111 Å². The van der Waals surface area contributed by atoms with E-state index in [0.29, 0.717) is 11.1 Å². The van der Waals surface area contributed by atoms with Crippen LogP contribution in [0, 0.1) is 0 Å². The highest BCUT2D eigenvalue weighted by Crippen LogP contribution is 2.36. The lowest BCUT2D eigenvalue weighted by atomic mass is 9.74. The van der Waals surface area contributed by atoms with Crippen molar-refractivity contribution < 1.29 is 9.59 Å². The van der Waals surface area contributed by atoms with Gasteiger partial charge in [0.25, 0.3) is 0 Å². The third kappa shape index (κ3) is 6.43. The van der Waals surface area contributed by atoms with Crippen LogP contribution in [0.2, 0.25) is 0 Å². The van der Waals surface area contributed by atoms with E-state index in [4.69, 9.17) is 0 Å². The van der Waals surface area contributed by atoms with Gasteiger partial charge >= 0.3 is 0 Å². The lowest BCUT2D eigenvalue weighted by Crippen LogP contribution is -2.23. The van der Waals surface area contributed by atoms with Crippen LogP contribution >= 0.6 is 0 Å². The average Bonchev–Trinajstić information content (AvgIpc) is 2.64. The topological polar surface area (TPSA) is 34.1 Å². The Morgan fingerprint density at radius 3 is 1.00 bits per heavy atom. The number of carbonyl (C=O) groups excluding carboxylic acids is 2. The lowest BCUT2D eigenvalue weighted by Gasteiger charge is -2.30. The predicted octanol–water partition coefficient (Wildman–Crippen LogP) is 8.33. The lowest BCUT2D eigenvalue weighted by molar-refractivity contribution is 0.0894. The first-order valence-electron chi connectivity index (χ1n) is 12.1. The van der Waals surface area contributed by atoms with Crippen LogP contribution in [0.15, 0.2) is 36.4 Å². The summed E-state index contributed by atoms with van der Waals surface area (Å²) in [4.78, 5) is 26.3. The van der Waals surface area contributed by atoms with Gasteiger partial charge in [-0.15, -0.1) is 0 Å². The van der Waals surface area contributed by atoms with Gasteiger partial charge in [-0.25, -0.2) is 0 Å².